The van der Waals surface area contributed by atoms with Gasteiger partial charge in [0.1, 0.15) is 0 Å². The summed E-state index contributed by atoms with van der Waals surface area (Å²) >= 11 is 0. The summed E-state index contributed by atoms with van der Waals surface area (Å²) in [4.78, 5) is 0. The van der Waals surface area contributed by atoms with Gasteiger partial charge < -0.3 is 9.73 Å². The van der Waals surface area contributed by atoms with Crippen LogP contribution in [0.4, 0.5) is 0 Å². The van der Waals surface area contributed by atoms with Gasteiger partial charge in [-0.15, -0.1) is 0 Å². The summed E-state index contributed by atoms with van der Waals surface area (Å²) in [6.45, 7) is 0. The summed E-state index contributed by atoms with van der Waals surface area (Å²) in [5.41, 5.74) is 0. The molecule has 1 aromatic rings. The second-order valence-corrected chi connectivity index (χ2v) is 2.00. The topological polar surface area (TPSA) is 25.2 Å². The zero-order valence-corrected chi connectivity index (χ0v) is 6.23. The molecule has 0 unspecified atom stereocenters. The van der Waals surface area contributed by atoms with Crippen molar-refractivity contribution in [2.45, 2.75) is 6.42 Å². The fourth-order valence-corrected chi connectivity index (χ4v) is 0.633. The minimum absolute atomic E-state index is 1.08. The molecule has 0 spiro atoms. The molecule has 2 nitrogen and oxygen atoms in total. The van der Waals surface area contributed by atoms with E-state index in [1.165, 1.54) is 0 Å². The van der Waals surface area contributed by atoms with Crippen LogP contribution in [0.1, 0.15) is 6.42 Å². The third kappa shape index (κ3) is 4.03. The standard InChI is InChI=1S/C5H7N.C4H4O/c1-2-4-6-5-3-1;1-2-4-5-3-1/h2-6H,1H2;1-4H. The quantitative estimate of drug-likeness (QED) is 0.612. The smallest absolute Gasteiger partial charge is 0.0902 e. The van der Waals surface area contributed by atoms with E-state index in [1.807, 2.05) is 24.5 Å². The Labute approximate surface area is 66.2 Å². The number of hydrogen-bond acceptors (Lipinski definition) is 2. The Kier molecular flexibility index (Phi) is 3.73. The van der Waals surface area contributed by atoms with Crippen molar-refractivity contribution < 1.29 is 4.42 Å². The van der Waals surface area contributed by atoms with Crippen molar-refractivity contribution in [3.05, 3.63) is 49.2 Å². The largest absolute Gasteiger partial charge is 0.473 e. The molecule has 0 saturated heterocycles. The van der Waals surface area contributed by atoms with E-state index in [4.69, 9.17) is 0 Å². The van der Waals surface area contributed by atoms with Gasteiger partial charge in [-0.05, 0) is 31.0 Å². The average Bonchev–Trinajstić information content (AvgIpc) is 2.64. The lowest BCUT2D eigenvalue weighted by Gasteiger charge is -1.92. The van der Waals surface area contributed by atoms with E-state index < -0.39 is 0 Å². The fourth-order valence-electron chi connectivity index (χ4n) is 0.633. The molecule has 1 aliphatic heterocycles. The van der Waals surface area contributed by atoms with Gasteiger partial charge in [-0.1, -0.05) is 12.2 Å². The normalized spacial score (nSPS) is 13.1. The Balaban J connectivity index is 0.000000112. The second kappa shape index (κ2) is 5.35. The molecule has 0 radical (unpaired) electrons. The van der Waals surface area contributed by atoms with Gasteiger partial charge in [-0.25, -0.2) is 0 Å². The highest BCUT2D eigenvalue weighted by atomic mass is 16.3. The lowest BCUT2D eigenvalue weighted by molar-refractivity contribution is 0.567. The first-order valence-corrected chi connectivity index (χ1v) is 3.53. The van der Waals surface area contributed by atoms with Gasteiger partial charge in [0.25, 0.3) is 0 Å². The number of nitrogens with one attached hydrogen (secondary N) is 1. The first-order valence-electron chi connectivity index (χ1n) is 3.53. The fraction of sp³-hybridized carbons (Fsp3) is 0.111. The van der Waals surface area contributed by atoms with Crippen LogP contribution in [0.5, 0.6) is 0 Å². The summed E-state index contributed by atoms with van der Waals surface area (Å²) in [7, 11) is 0. The van der Waals surface area contributed by atoms with E-state index in [-0.39, 0.29) is 0 Å². The molecule has 1 aromatic heterocycles. The van der Waals surface area contributed by atoms with Crippen molar-refractivity contribution in [1.82, 2.24) is 5.32 Å². The van der Waals surface area contributed by atoms with Gasteiger partial charge in [0.15, 0.2) is 0 Å². The second-order valence-electron chi connectivity index (χ2n) is 2.00. The first kappa shape index (κ1) is 7.66. The summed E-state index contributed by atoms with van der Waals surface area (Å²) in [6, 6.07) is 3.67. The van der Waals surface area contributed by atoms with Crippen molar-refractivity contribution in [3.8, 4) is 0 Å². The number of furan rings is 1. The molecule has 58 valence electrons. The molecule has 0 fully saturated rings. The highest BCUT2D eigenvalue weighted by Gasteiger charge is 1.73. The van der Waals surface area contributed by atoms with Crippen LogP contribution in [0.25, 0.3) is 0 Å². The maximum atomic E-state index is 4.58. The lowest BCUT2D eigenvalue weighted by Crippen LogP contribution is -1.93. The zero-order valence-electron chi connectivity index (χ0n) is 6.23. The average molecular weight is 149 g/mol. The first-order chi connectivity index (χ1) is 5.50. The highest BCUT2D eigenvalue weighted by molar-refractivity contribution is 4.98. The van der Waals surface area contributed by atoms with Crippen LogP contribution in [-0.2, 0) is 0 Å². The van der Waals surface area contributed by atoms with Gasteiger partial charge in [0, 0.05) is 0 Å². The van der Waals surface area contributed by atoms with Crippen LogP contribution >= 0.6 is 0 Å². The number of hydrogen-bond donors (Lipinski definition) is 1. The monoisotopic (exact) mass is 149 g/mol. The third-order valence-corrected chi connectivity index (χ3v) is 1.13. The Bertz CT molecular complexity index is 174. The van der Waals surface area contributed by atoms with Crippen molar-refractivity contribution in [3.63, 3.8) is 0 Å². The van der Waals surface area contributed by atoms with Gasteiger partial charge in [0.2, 0.25) is 0 Å². The molecule has 11 heavy (non-hydrogen) atoms. The van der Waals surface area contributed by atoms with Gasteiger partial charge >= 0.3 is 0 Å². The number of allylic oxidation sites excluding steroid dienone is 2. The summed E-state index contributed by atoms with van der Waals surface area (Å²) in [6.07, 6.45) is 12.3. The van der Waals surface area contributed by atoms with Crippen LogP contribution in [0, 0.1) is 0 Å². The SMILES string of the molecule is C1=CNC=CC1.c1ccoc1. The van der Waals surface area contributed by atoms with E-state index in [1.54, 1.807) is 12.5 Å². The van der Waals surface area contributed by atoms with Crippen LogP contribution in [0.2, 0.25) is 0 Å². The minimum atomic E-state index is 1.08. The van der Waals surface area contributed by atoms with Crippen LogP contribution in [0.15, 0.2) is 53.6 Å². The Morgan fingerprint density at radius 2 is 1.64 bits per heavy atom. The van der Waals surface area contributed by atoms with Gasteiger partial charge in [-0.3, -0.25) is 0 Å². The zero-order chi connectivity index (χ0) is 7.78. The van der Waals surface area contributed by atoms with Crippen LogP contribution < -0.4 is 5.32 Å². The van der Waals surface area contributed by atoms with Gasteiger partial charge in [-0.2, -0.15) is 0 Å². The van der Waals surface area contributed by atoms with Crippen molar-refractivity contribution in [2.24, 2.45) is 0 Å². The molecule has 0 amide bonds. The molecule has 0 bridgehead atoms. The number of dihydropyridines is 1. The lowest BCUT2D eigenvalue weighted by atomic mass is 10.4. The Hall–Kier alpha value is -1.44. The van der Waals surface area contributed by atoms with Crippen LogP contribution in [0.3, 0.4) is 0 Å². The maximum Gasteiger partial charge on any atom is 0.0902 e. The molecule has 1 aliphatic rings. The van der Waals surface area contributed by atoms with E-state index in [2.05, 4.69) is 21.9 Å². The molecule has 2 heterocycles. The predicted octanol–water partition coefficient (Wildman–Crippen LogP) is 2.29. The summed E-state index contributed by atoms with van der Waals surface area (Å²) in [5, 5.41) is 2.92. The molecule has 1 N–H and O–H groups in total. The van der Waals surface area contributed by atoms with Gasteiger partial charge in [0.05, 0.1) is 12.5 Å². The van der Waals surface area contributed by atoms with E-state index in [9.17, 15) is 0 Å². The Morgan fingerprint density at radius 3 is 1.82 bits per heavy atom. The summed E-state index contributed by atoms with van der Waals surface area (Å²) < 4.78 is 4.58. The van der Waals surface area contributed by atoms with E-state index in [0.29, 0.717) is 0 Å². The highest BCUT2D eigenvalue weighted by Crippen LogP contribution is 1.86. The number of rotatable bonds is 0. The molecule has 0 atom stereocenters. The molecule has 0 aromatic carbocycles. The molecular formula is C9H11NO. The molecule has 0 saturated carbocycles. The van der Waals surface area contributed by atoms with E-state index in [0.717, 1.165) is 6.42 Å². The Morgan fingerprint density at radius 1 is 1.00 bits per heavy atom. The molecule has 2 heteroatoms. The molecule has 2 rings (SSSR count). The van der Waals surface area contributed by atoms with Crippen molar-refractivity contribution in [2.75, 3.05) is 0 Å². The summed E-state index contributed by atoms with van der Waals surface area (Å²) in [5.74, 6) is 0. The van der Waals surface area contributed by atoms with E-state index >= 15 is 0 Å². The minimum Gasteiger partial charge on any atom is -0.473 e. The van der Waals surface area contributed by atoms with Crippen LogP contribution in [-0.4, -0.2) is 0 Å². The molecular weight excluding hydrogens is 138 g/mol. The maximum absolute atomic E-state index is 4.58. The molecule has 0 aliphatic carbocycles. The van der Waals surface area contributed by atoms with Crippen molar-refractivity contribution in [1.29, 1.82) is 0 Å². The third-order valence-electron chi connectivity index (χ3n) is 1.13. The van der Waals surface area contributed by atoms with Crippen molar-refractivity contribution >= 4 is 0 Å². The predicted molar refractivity (Wildman–Crippen MR) is 44.7 cm³/mol.